The molecule has 0 saturated carbocycles. The van der Waals surface area contributed by atoms with Gasteiger partial charge >= 0.3 is 119 Å². The molecule has 1 unspecified atom stereocenters. The summed E-state index contributed by atoms with van der Waals surface area (Å²) in [5.41, 5.74) is 0. The predicted octanol–water partition coefficient (Wildman–Crippen LogP) is 19.7. The van der Waals surface area contributed by atoms with Gasteiger partial charge in [0.05, 0.1) is 0 Å². The average molecular weight is 1340 g/mol. The summed E-state index contributed by atoms with van der Waals surface area (Å²) >= 11 is 0. The summed E-state index contributed by atoms with van der Waals surface area (Å²) in [6.07, 6.45) is 0. The Labute approximate surface area is 548 Å². The van der Waals surface area contributed by atoms with E-state index in [1.165, 1.54) is 0 Å². The molecule has 0 aliphatic rings. The molecule has 0 bridgehead atoms. The topological polar surface area (TPSA) is 0 Å². The van der Waals surface area contributed by atoms with Crippen LogP contribution in [0.4, 0.5) is 0 Å². The van der Waals surface area contributed by atoms with E-state index >= 15 is 0 Å². The van der Waals surface area contributed by atoms with Gasteiger partial charge in [-0.05, 0) is 0 Å². The van der Waals surface area contributed by atoms with Crippen molar-refractivity contribution in [2.24, 2.45) is 0 Å². The van der Waals surface area contributed by atoms with Gasteiger partial charge in [0.25, 0.3) is 0 Å². The molecule has 1 atom stereocenters. The van der Waals surface area contributed by atoms with Gasteiger partial charge in [-0.3, -0.25) is 0 Å². The Morgan fingerprint density at radius 3 is 0.141 bits per heavy atom. The van der Waals surface area contributed by atoms with E-state index in [2.05, 4.69) is 0 Å². The van der Waals surface area contributed by atoms with Crippen LogP contribution in [0.3, 0.4) is 0 Å². The monoisotopic (exact) mass is 1340 g/mol. The second-order valence-corrected chi connectivity index (χ2v) is 13.5. The maximum absolute atomic E-state index is 2.00. The summed E-state index contributed by atoms with van der Waals surface area (Å²) in [6, 6.07) is 140. The van der Waals surface area contributed by atoms with Crippen LogP contribution in [0.1, 0.15) is 0 Å². The molecule has 0 radical (unpaired) electrons. The van der Waals surface area contributed by atoms with Crippen LogP contribution in [0, 0.1) is 0 Å². The minimum Gasteiger partial charge on any atom is -0.214 e. The van der Waals surface area contributed by atoms with Gasteiger partial charge < -0.3 is 0 Å². The van der Waals surface area contributed by atoms with Gasteiger partial charge in [-0.15, -0.1) is 0 Å². The van der Waals surface area contributed by atoms with Crippen molar-refractivity contribution in [1.82, 2.24) is 0 Å². The van der Waals surface area contributed by atoms with Crippen molar-refractivity contribution in [2.75, 3.05) is 0 Å². The zero-order valence-electron chi connectivity index (χ0n) is 43.6. The van der Waals surface area contributed by atoms with E-state index in [0.717, 1.165) is 0 Å². The van der Waals surface area contributed by atoms with Gasteiger partial charge in [0.15, 0.2) is 0 Å². The van der Waals surface area contributed by atoms with E-state index in [-0.39, 0.29) is 129 Å². The summed E-state index contributed by atoms with van der Waals surface area (Å²) in [7, 11) is 0. The molecule has 0 heterocycles. The molecule has 14 aromatic rings. The van der Waals surface area contributed by atoms with Crippen molar-refractivity contribution in [2.45, 2.75) is 0 Å². The van der Waals surface area contributed by atoms with E-state index in [9.17, 15) is 0 Å². The molecule has 414 valence electrons. The minimum absolute atomic E-state index is 0. The van der Waals surface area contributed by atoms with E-state index < -0.39 is 0 Å². The van der Waals surface area contributed by atoms with Crippen LogP contribution in [0.25, 0.3) is 0 Å². The van der Waals surface area contributed by atoms with Crippen molar-refractivity contribution in [1.29, 1.82) is 0 Å². The van der Waals surface area contributed by atoms with Crippen LogP contribution in [-0.2, 0) is 119 Å². The maximum atomic E-state index is 2.00. The fourth-order valence-corrected chi connectivity index (χ4v) is 4.49. The van der Waals surface area contributed by atoms with Crippen molar-refractivity contribution < 1.29 is 119 Å². The van der Waals surface area contributed by atoms with Gasteiger partial charge in [0, 0.05) is 0 Å². The molecule has 0 nitrogen and oxygen atoms in total. The third kappa shape index (κ3) is 82.3. The van der Waals surface area contributed by atoms with Crippen molar-refractivity contribution in [3.63, 3.8) is 0 Å². The second-order valence-electron chi connectivity index (χ2n) is 13.5. The predicted molar refractivity (Wildman–Crippen MR) is 320 cm³/mol. The third-order valence-corrected chi connectivity index (χ3v) is 7.78. The standard InChI is InChI=1S/14C5H5.7Fe.H3P/c14*1-2-4-5-3-1;;;;;;;;/h14*1-5H;;;;;;;;1H3/q14*-1;7*+2;. The first-order chi connectivity index (χ1) is 35.0. The maximum Gasteiger partial charge on any atom is 2.00 e. The summed E-state index contributed by atoms with van der Waals surface area (Å²) < 4.78 is 0. The van der Waals surface area contributed by atoms with Crippen LogP contribution in [0.5, 0.6) is 0 Å². The largest absolute Gasteiger partial charge is 2.00 e. The Morgan fingerprint density at radius 1 is 0.0897 bits per heavy atom. The van der Waals surface area contributed by atoms with Crippen LogP contribution in [-0.4, -0.2) is 0 Å². The molecule has 0 fully saturated rings. The molecule has 0 N–H and O–H groups in total. The fraction of sp³-hybridized carbons (Fsp3) is 0. The van der Waals surface area contributed by atoms with Crippen molar-refractivity contribution in [3.8, 4) is 0 Å². The summed E-state index contributed by atoms with van der Waals surface area (Å²) in [5.74, 6) is 0. The molecule has 0 aromatic heterocycles. The van der Waals surface area contributed by atoms with Crippen LogP contribution >= 0.6 is 9.90 Å². The second kappa shape index (κ2) is 85.9. The first-order valence-corrected chi connectivity index (χ1v) is 23.3. The molecular formula is C70H73Fe7P. The molecule has 14 rings (SSSR count). The Kier molecular flexibility index (Phi) is 98.6. The quantitative estimate of drug-likeness (QED) is 0.0806. The molecule has 0 saturated heterocycles. The van der Waals surface area contributed by atoms with Gasteiger partial charge in [0.2, 0.25) is 0 Å². The Hall–Kier alpha value is -5.03. The van der Waals surface area contributed by atoms with E-state index in [1.807, 2.05) is 425 Å². The number of hydrogen-bond donors (Lipinski definition) is 0. The van der Waals surface area contributed by atoms with Gasteiger partial charge in [0.1, 0.15) is 0 Å². The zero-order chi connectivity index (χ0) is 49.5. The van der Waals surface area contributed by atoms with Crippen molar-refractivity contribution >= 4 is 9.90 Å². The first kappa shape index (κ1) is 89.5. The molecule has 0 spiro atoms. The molecule has 78 heavy (non-hydrogen) atoms. The van der Waals surface area contributed by atoms with Gasteiger partial charge in [-0.25, -0.2) is 170 Å². The SMILES string of the molecule is P.[Fe+2].[Fe+2].[Fe+2].[Fe+2].[Fe+2].[Fe+2].[Fe+2].c1cc[cH-]c1.c1cc[cH-]c1.c1cc[cH-]c1.c1cc[cH-]c1.c1cc[cH-]c1.c1cc[cH-]c1.c1cc[cH-]c1.c1cc[cH-]c1.c1cc[cH-]c1.c1cc[cH-]c1.c1cc[cH-]c1.c1cc[cH-]c1.c1cc[cH-]c1.c1cc[cH-]c1. The number of rotatable bonds is 0. The van der Waals surface area contributed by atoms with E-state index in [0.29, 0.717) is 0 Å². The molecule has 0 aliphatic heterocycles. The summed E-state index contributed by atoms with van der Waals surface area (Å²) in [6.45, 7) is 0. The molecule has 0 aliphatic carbocycles. The van der Waals surface area contributed by atoms with Crippen LogP contribution in [0.15, 0.2) is 425 Å². The van der Waals surface area contributed by atoms with Gasteiger partial charge in [-0.1, -0.05) is 0 Å². The molecule has 0 amide bonds. The van der Waals surface area contributed by atoms with Crippen LogP contribution < -0.4 is 0 Å². The van der Waals surface area contributed by atoms with Crippen LogP contribution in [0.2, 0.25) is 0 Å². The smallest absolute Gasteiger partial charge is 0.214 e. The van der Waals surface area contributed by atoms with E-state index in [1.54, 1.807) is 0 Å². The Morgan fingerprint density at radius 2 is 0.128 bits per heavy atom. The fourth-order valence-electron chi connectivity index (χ4n) is 4.49. The van der Waals surface area contributed by atoms with Crippen molar-refractivity contribution in [3.05, 3.63) is 425 Å². The first-order valence-electron chi connectivity index (χ1n) is 23.3. The Bertz CT molecular complexity index is 1530. The average Bonchev–Trinajstić information content (AvgIpc) is 4.33. The Balaban J connectivity index is -0.000000112. The summed E-state index contributed by atoms with van der Waals surface area (Å²) in [5, 5.41) is 0. The van der Waals surface area contributed by atoms with Gasteiger partial charge in [-0.2, -0.15) is 265 Å². The summed E-state index contributed by atoms with van der Waals surface area (Å²) in [4.78, 5) is 0. The molecule has 14 aromatic carbocycles. The zero-order valence-corrected chi connectivity index (χ0v) is 52.7. The third-order valence-electron chi connectivity index (χ3n) is 7.78. The molecular weight excluding hydrogens is 1260 g/mol. The minimum atomic E-state index is 0. The normalized spacial score (nSPS) is 7.18. The number of hydrogen-bond acceptors (Lipinski definition) is 0. The van der Waals surface area contributed by atoms with E-state index in [4.69, 9.17) is 0 Å². The molecule has 8 heteroatoms.